The number of aryl methyl sites for hydroxylation is 2. The van der Waals surface area contributed by atoms with Gasteiger partial charge in [-0.05, 0) is 89.3 Å². The second-order valence-electron chi connectivity index (χ2n) is 11.5. The number of nitrogens with two attached hydrogens (primary N) is 1. The van der Waals surface area contributed by atoms with Crippen LogP contribution in [0.1, 0.15) is 56.9 Å². The van der Waals surface area contributed by atoms with Crippen LogP contribution < -0.4 is 16.4 Å². The van der Waals surface area contributed by atoms with Crippen LogP contribution in [0.4, 0.5) is 4.79 Å². The lowest BCUT2D eigenvalue weighted by Gasteiger charge is -2.39. The average molecular weight is 527 g/mol. The second-order valence-corrected chi connectivity index (χ2v) is 11.5. The van der Waals surface area contributed by atoms with E-state index < -0.39 is 35.2 Å². The van der Waals surface area contributed by atoms with Gasteiger partial charge >= 0.3 is 6.09 Å². The van der Waals surface area contributed by atoms with E-state index in [0.29, 0.717) is 6.42 Å². The van der Waals surface area contributed by atoms with Gasteiger partial charge in [0.2, 0.25) is 11.8 Å². The van der Waals surface area contributed by atoms with Gasteiger partial charge in [0.25, 0.3) is 0 Å². The van der Waals surface area contributed by atoms with Crippen LogP contribution in [0.25, 0.3) is 0 Å². The van der Waals surface area contributed by atoms with E-state index in [-0.39, 0.29) is 24.6 Å². The lowest BCUT2D eigenvalue weighted by Crippen LogP contribution is -2.60. The summed E-state index contributed by atoms with van der Waals surface area (Å²) in [6, 6.07) is 10.9. The monoisotopic (exact) mass is 526 g/mol. The van der Waals surface area contributed by atoms with Gasteiger partial charge in [-0.3, -0.25) is 14.5 Å². The van der Waals surface area contributed by atoms with Gasteiger partial charge in [-0.1, -0.05) is 30.3 Å². The van der Waals surface area contributed by atoms with Crippen LogP contribution in [0.15, 0.2) is 42.5 Å². The first-order valence-corrected chi connectivity index (χ1v) is 12.7. The van der Waals surface area contributed by atoms with Crippen molar-refractivity contribution in [1.82, 2.24) is 15.5 Å². The van der Waals surface area contributed by atoms with Crippen LogP contribution in [0, 0.1) is 13.8 Å². The summed E-state index contributed by atoms with van der Waals surface area (Å²) < 4.78 is 0. The molecule has 0 heterocycles. The van der Waals surface area contributed by atoms with E-state index in [4.69, 9.17) is 5.73 Å². The van der Waals surface area contributed by atoms with Crippen molar-refractivity contribution in [2.45, 2.75) is 84.5 Å². The molecule has 2 aromatic rings. The van der Waals surface area contributed by atoms with Crippen molar-refractivity contribution in [1.29, 1.82) is 0 Å². The summed E-state index contributed by atoms with van der Waals surface area (Å²) >= 11 is 0. The molecule has 0 aliphatic heterocycles. The molecule has 0 bridgehead atoms. The zero-order chi connectivity index (χ0) is 28.8. The number of nitrogens with one attached hydrogen (secondary N) is 2. The van der Waals surface area contributed by atoms with E-state index in [1.807, 2.05) is 44.2 Å². The van der Waals surface area contributed by atoms with Gasteiger partial charge in [0.1, 0.15) is 11.8 Å². The summed E-state index contributed by atoms with van der Waals surface area (Å²) in [5.74, 6) is -0.717. The fourth-order valence-electron chi connectivity index (χ4n) is 4.53. The number of phenols is 1. The summed E-state index contributed by atoms with van der Waals surface area (Å²) in [6.45, 7) is 12.4. The number of carbonyl (C=O) groups excluding carboxylic acids is 2. The van der Waals surface area contributed by atoms with Crippen molar-refractivity contribution in [3.8, 4) is 5.75 Å². The molecule has 208 valence electrons. The number of hydrogen-bond donors (Lipinski definition) is 5. The summed E-state index contributed by atoms with van der Waals surface area (Å²) in [4.78, 5) is 39.8. The molecule has 2 atom stereocenters. The Hall–Kier alpha value is -3.59. The first kappa shape index (κ1) is 30.6. The van der Waals surface area contributed by atoms with Gasteiger partial charge in [-0.15, -0.1) is 0 Å². The number of carbonyl (C=O) groups is 3. The van der Waals surface area contributed by atoms with Gasteiger partial charge in [-0.2, -0.15) is 0 Å². The number of aromatic hydroxyl groups is 1. The molecule has 0 aliphatic rings. The summed E-state index contributed by atoms with van der Waals surface area (Å²) in [5.41, 5.74) is 7.68. The minimum atomic E-state index is -1.22. The van der Waals surface area contributed by atoms with Gasteiger partial charge < -0.3 is 26.6 Å². The topological polar surface area (TPSA) is 145 Å². The normalized spacial score (nSPS) is 13.4. The molecular formula is C29H42N4O5. The van der Waals surface area contributed by atoms with E-state index in [0.717, 1.165) is 27.2 Å². The number of rotatable bonds is 10. The van der Waals surface area contributed by atoms with Crippen molar-refractivity contribution < 1.29 is 24.6 Å². The van der Waals surface area contributed by atoms with Gasteiger partial charge in [-0.25, -0.2) is 4.79 Å². The standard InChI is InChI=1S/C29H42N4O5/c1-18-13-21(34)14-19(2)22(18)16-24(33(27(37)38)28(3,4)5)26(36)31-17-29(6,7)32-25(35)23(30)15-20-11-9-8-10-12-20/h8-14,23-24,34H,15-17,30H2,1-7H3,(H,31,36)(H,32,35)(H,37,38)/t23-,24-/m0/s1. The maximum Gasteiger partial charge on any atom is 0.408 e. The molecule has 2 rings (SSSR count). The fourth-order valence-corrected chi connectivity index (χ4v) is 4.53. The molecule has 0 unspecified atom stereocenters. The van der Waals surface area contributed by atoms with Crippen LogP contribution >= 0.6 is 0 Å². The molecule has 0 aromatic heterocycles. The van der Waals surface area contributed by atoms with E-state index in [1.165, 1.54) is 0 Å². The Bertz CT molecular complexity index is 1120. The van der Waals surface area contributed by atoms with E-state index in [9.17, 15) is 24.6 Å². The molecule has 9 nitrogen and oxygen atoms in total. The van der Waals surface area contributed by atoms with Crippen molar-refractivity contribution in [2.24, 2.45) is 5.73 Å². The van der Waals surface area contributed by atoms with Gasteiger partial charge in [0.05, 0.1) is 11.6 Å². The number of phenolic OH excluding ortho intramolecular Hbond substituents is 1. The van der Waals surface area contributed by atoms with Crippen molar-refractivity contribution >= 4 is 17.9 Å². The SMILES string of the molecule is Cc1cc(O)cc(C)c1C[C@@H](C(=O)NCC(C)(C)NC(=O)[C@@H](N)Cc1ccccc1)N(C(=O)O)C(C)(C)C. The fraction of sp³-hybridized carbons (Fsp3) is 0.483. The molecule has 38 heavy (non-hydrogen) atoms. The Labute approximate surface area is 225 Å². The molecule has 9 heteroatoms. The number of benzene rings is 2. The first-order valence-electron chi connectivity index (χ1n) is 12.7. The molecule has 0 aliphatic carbocycles. The highest BCUT2D eigenvalue weighted by atomic mass is 16.4. The first-order chi connectivity index (χ1) is 17.5. The minimum absolute atomic E-state index is 0.0667. The van der Waals surface area contributed by atoms with E-state index >= 15 is 0 Å². The number of nitrogens with zero attached hydrogens (tertiary/aromatic N) is 1. The van der Waals surface area contributed by atoms with Crippen molar-refractivity contribution in [3.05, 3.63) is 64.7 Å². The highest BCUT2D eigenvalue weighted by Crippen LogP contribution is 2.26. The molecule has 0 saturated heterocycles. The summed E-state index contributed by atoms with van der Waals surface area (Å²) in [5, 5.41) is 25.7. The van der Waals surface area contributed by atoms with E-state index in [2.05, 4.69) is 10.6 Å². The van der Waals surface area contributed by atoms with Crippen LogP contribution in [-0.4, -0.2) is 62.7 Å². The van der Waals surface area contributed by atoms with Crippen molar-refractivity contribution in [2.75, 3.05) is 6.54 Å². The molecule has 3 amide bonds. The predicted molar refractivity (Wildman–Crippen MR) is 148 cm³/mol. The Morgan fingerprint density at radius 3 is 2.00 bits per heavy atom. The Morgan fingerprint density at radius 2 is 1.50 bits per heavy atom. The second kappa shape index (κ2) is 12.3. The van der Waals surface area contributed by atoms with Crippen LogP contribution in [0.2, 0.25) is 0 Å². The molecule has 0 spiro atoms. The Balaban J connectivity index is 2.20. The third kappa shape index (κ3) is 8.48. The number of carboxylic acid groups (broad SMARTS) is 1. The van der Waals surface area contributed by atoms with Gasteiger partial charge in [0, 0.05) is 18.5 Å². The zero-order valence-electron chi connectivity index (χ0n) is 23.5. The van der Waals surface area contributed by atoms with Crippen LogP contribution in [-0.2, 0) is 22.4 Å². The third-order valence-electron chi connectivity index (χ3n) is 6.42. The Morgan fingerprint density at radius 1 is 0.947 bits per heavy atom. The molecule has 6 N–H and O–H groups in total. The lowest BCUT2D eigenvalue weighted by atomic mass is 9.92. The minimum Gasteiger partial charge on any atom is -0.508 e. The number of hydrogen-bond acceptors (Lipinski definition) is 5. The third-order valence-corrected chi connectivity index (χ3v) is 6.42. The van der Waals surface area contributed by atoms with Crippen molar-refractivity contribution in [3.63, 3.8) is 0 Å². The van der Waals surface area contributed by atoms with E-state index in [1.54, 1.807) is 46.8 Å². The van der Waals surface area contributed by atoms with Crippen LogP contribution in [0.5, 0.6) is 5.75 Å². The van der Waals surface area contributed by atoms with Gasteiger partial charge in [0.15, 0.2) is 0 Å². The highest BCUT2D eigenvalue weighted by Gasteiger charge is 2.38. The average Bonchev–Trinajstić information content (AvgIpc) is 2.78. The summed E-state index contributed by atoms with van der Waals surface area (Å²) in [7, 11) is 0. The molecule has 2 aromatic carbocycles. The van der Waals surface area contributed by atoms with Crippen LogP contribution in [0.3, 0.4) is 0 Å². The smallest absolute Gasteiger partial charge is 0.408 e. The number of amides is 3. The lowest BCUT2D eigenvalue weighted by molar-refractivity contribution is -0.129. The molecule has 0 fully saturated rings. The maximum absolute atomic E-state index is 13.5. The highest BCUT2D eigenvalue weighted by molar-refractivity contribution is 5.86. The maximum atomic E-state index is 13.5. The largest absolute Gasteiger partial charge is 0.508 e. The Kier molecular flexibility index (Phi) is 9.92. The molecular weight excluding hydrogens is 484 g/mol. The molecule has 0 radical (unpaired) electrons. The predicted octanol–water partition coefficient (Wildman–Crippen LogP) is 3.28. The quantitative estimate of drug-likeness (QED) is 0.321. The molecule has 0 saturated carbocycles. The summed E-state index contributed by atoms with van der Waals surface area (Å²) in [6.07, 6.45) is -0.713. The zero-order valence-corrected chi connectivity index (χ0v) is 23.5.